The van der Waals surface area contributed by atoms with Gasteiger partial charge in [0.15, 0.2) is 0 Å². The van der Waals surface area contributed by atoms with Crippen LogP contribution in [0.1, 0.15) is 54.3 Å². The normalized spacial score (nSPS) is 16.0. The molecular weight excluding hydrogens is 316 g/mol. The summed E-state index contributed by atoms with van der Waals surface area (Å²) < 4.78 is 0. The molecule has 2 rings (SSSR count). The fourth-order valence-electron chi connectivity index (χ4n) is 3.29. The third kappa shape index (κ3) is 5.30. The van der Waals surface area contributed by atoms with E-state index in [0.717, 1.165) is 12.8 Å². The van der Waals surface area contributed by atoms with Gasteiger partial charge in [-0.2, -0.15) is 0 Å². The highest BCUT2D eigenvalue weighted by Crippen LogP contribution is 2.20. The number of benzene rings is 1. The van der Waals surface area contributed by atoms with Crippen molar-refractivity contribution >= 4 is 11.8 Å². The predicted molar refractivity (Wildman–Crippen MR) is 98.6 cm³/mol. The van der Waals surface area contributed by atoms with Crippen LogP contribution < -0.4 is 0 Å². The molecule has 1 aromatic rings. The highest BCUT2D eigenvalue weighted by Gasteiger charge is 2.24. The monoisotopic (exact) mass is 346 g/mol. The lowest BCUT2D eigenvalue weighted by atomic mass is 9.95. The van der Waals surface area contributed by atoms with E-state index in [1.807, 2.05) is 4.90 Å². The zero-order chi connectivity index (χ0) is 18.6. The van der Waals surface area contributed by atoms with E-state index in [1.54, 1.807) is 36.2 Å². The summed E-state index contributed by atoms with van der Waals surface area (Å²) in [5.41, 5.74) is 1.12. The Balaban J connectivity index is 2.08. The molecule has 2 amide bonds. The number of nitrogens with zero attached hydrogens (tertiary/aromatic N) is 2. The van der Waals surface area contributed by atoms with Crippen LogP contribution in [0.15, 0.2) is 24.3 Å². The number of carbonyl (C=O) groups excluding carboxylic acids is 2. The third-order valence-corrected chi connectivity index (χ3v) is 4.57. The minimum absolute atomic E-state index is 0.0227. The maximum atomic E-state index is 12.7. The third-order valence-electron chi connectivity index (χ3n) is 4.57. The quantitative estimate of drug-likeness (QED) is 0.912. The first-order valence-electron chi connectivity index (χ1n) is 8.97. The highest BCUT2D eigenvalue weighted by molar-refractivity contribution is 5.99. The summed E-state index contributed by atoms with van der Waals surface area (Å²) >= 11 is 0. The molecule has 0 radical (unpaired) electrons. The SMILES string of the molecule is CN(CC(C)(C)C)C(=O)c1cccc(C(=O)N2CCC(CO)CC2)c1. The van der Waals surface area contributed by atoms with E-state index >= 15 is 0 Å². The van der Waals surface area contributed by atoms with E-state index in [9.17, 15) is 14.7 Å². The molecular formula is C20H30N2O3. The lowest BCUT2D eigenvalue weighted by molar-refractivity contribution is 0.0650. The van der Waals surface area contributed by atoms with Crippen LogP contribution in [0.5, 0.6) is 0 Å². The molecule has 0 unspecified atom stereocenters. The van der Waals surface area contributed by atoms with Gasteiger partial charge in [0.25, 0.3) is 11.8 Å². The van der Waals surface area contributed by atoms with E-state index in [1.165, 1.54) is 0 Å². The standard InChI is InChI=1S/C20H30N2O3/c1-20(2,3)14-21(4)18(24)16-6-5-7-17(12-16)19(25)22-10-8-15(13-23)9-11-22/h5-7,12,15,23H,8-11,13-14H2,1-4H3. The summed E-state index contributed by atoms with van der Waals surface area (Å²) in [6.07, 6.45) is 1.66. The summed E-state index contributed by atoms with van der Waals surface area (Å²) in [6, 6.07) is 6.99. The summed E-state index contributed by atoms with van der Waals surface area (Å²) in [5.74, 6) is 0.191. The van der Waals surface area contributed by atoms with Crippen LogP contribution >= 0.6 is 0 Å². The molecule has 1 aromatic carbocycles. The van der Waals surface area contributed by atoms with Gasteiger partial charge in [-0.25, -0.2) is 0 Å². The molecule has 0 aliphatic carbocycles. The smallest absolute Gasteiger partial charge is 0.253 e. The number of hydrogen-bond donors (Lipinski definition) is 1. The average Bonchev–Trinajstić information content (AvgIpc) is 2.59. The molecule has 0 atom stereocenters. The molecule has 5 nitrogen and oxygen atoms in total. The molecule has 1 saturated heterocycles. The van der Waals surface area contributed by atoms with E-state index < -0.39 is 0 Å². The molecule has 0 spiro atoms. The van der Waals surface area contributed by atoms with Gasteiger partial charge < -0.3 is 14.9 Å². The topological polar surface area (TPSA) is 60.9 Å². The van der Waals surface area contributed by atoms with Crippen molar-refractivity contribution in [3.63, 3.8) is 0 Å². The maximum absolute atomic E-state index is 12.7. The van der Waals surface area contributed by atoms with E-state index in [0.29, 0.717) is 36.7 Å². The number of aliphatic hydroxyl groups excluding tert-OH is 1. The maximum Gasteiger partial charge on any atom is 0.253 e. The molecule has 1 fully saturated rings. The molecule has 5 heteroatoms. The summed E-state index contributed by atoms with van der Waals surface area (Å²) in [7, 11) is 1.79. The van der Waals surface area contributed by atoms with Crippen LogP contribution in [0.2, 0.25) is 0 Å². The number of carbonyl (C=O) groups is 2. The highest BCUT2D eigenvalue weighted by atomic mass is 16.3. The van der Waals surface area contributed by atoms with Gasteiger partial charge in [0.1, 0.15) is 0 Å². The van der Waals surface area contributed by atoms with Crippen molar-refractivity contribution in [3.8, 4) is 0 Å². The Kier molecular flexibility index (Phi) is 6.22. The fourth-order valence-corrected chi connectivity index (χ4v) is 3.29. The first-order chi connectivity index (χ1) is 11.7. The molecule has 1 N–H and O–H groups in total. The zero-order valence-corrected chi connectivity index (χ0v) is 15.8. The Bertz CT molecular complexity index is 614. The van der Waals surface area contributed by atoms with Gasteiger partial charge in [-0.1, -0.05) is 26.8 Å². The Morgan fingerprint density at radius 1 is 1.20 bits per heavy atom. The second-order valence-electron chi connectivity index (χ2n) is 8.22. The van der Waals surface area contributed by atoms with Crippen LogP contribution in [-0.4, -0.2) is 60.0 Å². The molecule has 0 saturated carbocycles. The first kappa shape index (κ1) is 19.4. The van der Waals surface area contributed by atoms with Crippen LogP contribution in [0.3, 0.4) is 0 Å². The van der Waals surface area contributed by atoms with Crippen molar-refractivity contribution in [2.75, 3.05) is 33.3 Å². The number of hydrogen-bond acceptors (Lipinski definition) is 3. The number of likely N-dealkylation sites (tertiary alicyclic amines) is 1. The average molecular weight is 346 g/mol. The molecule has 138 valence electrons. The Labute approximate surface area is 150 Å². The van der Waals surface area contributed by atoms with Crippen molar-refractivity contribution in [1.82, 2.24) is 9.80 Å². The lowest BCUT2D eigenvalue weighted by Crippen LogP contribution is -2.39. The predicted octanol–water partition coefficient (Wildman–Crippen LogP) is 2.65. The van der Waals surface area contributed by atoms with Gasteiger partial charge >= 0.3 is 0 Å². The molecule has 0 aromatic heterocycles. The van der Waals surface area contributed by atoms with Gasteiger partial charge in [0, 0.05) is 44.4 Å². The van der Waals surface area contributed by atoms with Gasteiger partial charge in [-0.05, 0) is 42.4 Å². The lowest BCUT2D eigenvalue weighted by Gasteiger charge is -2.31. The molecule has 25 heavy (non-hydrogen) atoms. The second kappa shape index (κ2) is 8.00. The van der Waals surface area contributed by atoms with Crippen LogP contribution in [0.25, 0.3) is 0 Å². The van der Waals surface area contributed by atoms with E-state index in [4.69, 9.17) is 0 Å². The minimum Gasteiger partial charge on any atom is -0.396 e. The fraction of sp³-hybridized carbons (Fsp3) is 0.600. The summed E-state index contributed by atoms with van der Waals surface area (Å²) in [5, 5.41) is 9.22. The van der Waals surface area contributed by atoms with Crippen molar-refractivity contribution in [2.24, 2.45) is 11.3 Å². The number of rotatable bonds is 4. The van der Waals surface area contributed by atoms with Crippen molar-refractivity contribution in [2.45, 2.75) is 33.6 Å². The van der Waals surface area contributed by atoms with Crippen LogP contribution in [-0.2, 0) is 0 Å². The number of aliphatic hydroxyl groups is 1. The molecule has 1 heterocycles. The zero-order valence-electron chi connectivity index (χ0n) is 15.8. The summed E-state index contributed by atoms with van der Waals surface area (Å²) in [6.45, 7) is 8.43. The van der Waals surface area contributed by atoms with Crippen LogP contribution in [0.4, 0.5) is 0 Å². The Morgan fingerprint density at radius 2 is 1.80 bits per heavy atom. The summed E-state index contributed by atoms with van der Waals surface area (Å²) in [4.78, 5) is 28.9. The minimum atomic E-state index is -0.0661. The molecule has 0 bridgehead atoms. The van der Waals surface area contributed by atoms with Gasteiger partial charge in [-0.3, -0.25) is 9.59 Å². The molecule has 1 aliphatic rings. The molecule has 1 aliphatic heterocycles. The largest absolute Gasteiger partial charge is 0.396 e. The van der Waals surface area contributed by atoms with Crippen molar-refractivity contribution in [3.05, 3.63) is 35.4 Å². The van der Waals surface area contributed by atoms with Crippen LogP contribution in [0, 0.1) is 11.3 Å². The first-order valence-corrected chi connectivity index (χ1v) is 8.97. The van der Waals surface area contributed by atoms with Gasteiger partial charge in [-0.15, -0.1) is 0 Å². The van der Waals surface area contributed by atoms with Crippen molar-refractivity contribution in [1.29, 1.82) is 0 Å². The Morgan fingerprint density at radius 3 is 2.36 bits per heavy atom. The Hall–Kier alpha value is -1.88. The number of amides is 2. The second-order valence-corrected chi connectivity index (χ2v) is 8.22. The van der Waals surface area contributed by atoms with E-state index in [-0.39, 0.29) is 23.8 Å². The van der Waals surface area contributed by atoms with Gasteiger partial charge in [0.05, 0.1) is 0 Å². The van der Waals surface area contributed by atoms with E-state index in [2.05, 4.69) is 20.8 Å². The van der Waals surface area contributed by atoms with Crippen molar-refractivity contribution < 1.29 is 14.7 Å². The number of piperidine rings is 1. The van der Waals surface area contributed by atoms with Gasteiger partial charge in [0.2, 0.25) is 0 Å².